The van der Waals surface area contributed by atoms with Crippen LogP contribution >= 0.6 is 0 Å². The molecule has 0 bridgehead atoms. The molecule has 0 spiro atoms. The number of hydrogen-bond acceptors (Lipinski definition) is 4. The van der Waals surface area contributed by atoms with Gasteiger partial charge in [-0.3, -0.25) is 4.79 Å². The number of aromatic amines is 1. The molecule has 0 saturated heterocycles. The lowest BCUT2D eigenvalue weighted by Gasteiger charge is -2.14. The average Bonchev–Trinajstić information content (AvgIpc) is 3.12. The third kappa shape index (κ3) is 3.21. The lowest BCUT2D eigenvalue weighted by molar-refractivity contribution is 0.133. The van der Waals surface area contributed by atoms with Crippen LogP contribution in [0.1, 0.15) is 11.1 Å². The van der Waals surface area contributed by atoms with Crippen LogP contribution in [-0.4, -0.2) is 34.3 Å². The van der Waals surface area contributed by atoms with Gasteiger partial charge in [-0.15, -0.1) is 0 Å². The summed E-state index contributed by atoms with van der Waals surface area (Å²) in [7, 11) is 0. The minimum Gasteiger partial charge on any atom is -0.378 e. The van der Waals surface area contributed by atoms with E-state index in [0.717, 1.165) is 38.6 Å². The van der Waals surface area contributed by atoms with Crippen molar-refractivity contribution >= 4 is 21.9 Å². The van der Waals surface area contributed by atoms with Crippen LogP contribution < -0.4 is 11.3 Å². The second-order valence-electron chi connectivity index (χ2n) is 6.99. The van der Waals surface area contributed by atoms with Gasteiger partial charge < -0.3 is 20.0 Å². The molecule has 0 atom stereocenters. The number of nitrogens with one attached hydrogen (secondary N) is 1. The van der Waals surface area contributed by atoms with Gasteiger partial charge in [0, 0.05) is 35.8 Å². The Kier molecular flexibility index (Phi) is 4.98. The van der Waals surface area contributed by atoms with Crippen LogP contribution in [0, 0.1) is 13.8 Å². The summed E-state index contributed by atoms with van der Waals surface area (Å²) in [6.07, 6.45) is 1.86. The van der Waals surface area contributed by atoms with Crippen LogP contribution in [-0.2, 0) is 11.3 Å². The number of aromatic nitrogens is 3. The molecule has 2 heterocycles. The number of nitrogens with zero attached hydrogens (tertiary/aromatic N) is 2. The van der Waals surface area contributed by atoms with Crippen molar-refractivity contribution in [2.75, 3.05) is 19.8 Å². The normalized spacial score (nSPS) is 11.5. The fraction of sp³-hybridized carbons (Fsp3) is 0.273. The molecule has 2 aromatic heterocycles. The molecule has 144 valence electrons. The number of ether oxygens (including phenoxy) is 1. The molecule has 0 amide bonds. The number of rotatable bonds is 6. The number of benzene rings is 2. The van der Waals surface area contributed by atoms with Gasteiger partial charge in [0.2, 0.25) is 0 Å². The molecule has 4 rings (SSSR count). The molecule has 4 aromatic rings. The lowest BCUT2D eigenvalue weighted by atomic mass is 10.1. The first kappa shape index (κ1) is 18.4. The summed E-state index contributed by atoms with van der Waals surface area (Å²) in [5.74, 6) is 0. The Labute approximate surface area is 163 Å². The highest BCUT2D eigenvalue weighted by Crippen LogP contribution is 2.27. The zero-order chi connectivity index (χ0) is 19.7. The van der Waals surface area contributed by atoms with Crippen molar-refractivity contribution in [1.29, 1.82) is 0 Å². The van der Waals surface area contributed by atoms with Crippen molar-refractivity contribution in [3.63, 3.8) is 0 Å². The number of fused-ring (bicyclic) bond motifs is 2. The van der Waals surface area contributed by atoms with E-state index < -0.39 is 0 Å². The van der Waals surface area contributed by atoms with Crippen LogP contribution in [0.15, 0.2) is 47.4 Å². The molecule has 0 saturated carbocycles. The molecule has 28 heavy (non-hydrogen) atoms. The van der Waals surface area contributed by atoms with E-state index in [-0.39, 0.29) is 5.56 Å². The van der Waals surface area contributed by atoms with E-state index >= 15 is 0 Å². The van der Waals surface area contributed by atoms with Crippen LogP contribution in [0.25, 0.3) is 33.2 Å². The molecule has 6 nitrogen and oxygen atoms in total. The molecule has 0 aliphatic rings. The van der Waals surface area contributed by atoms with Crippen molar-refractivity contribution in [2.24, 2.45) is 5.73 Å². The van der Waals surface area contributed by atoms with E-state index in [4.69, 9.17) is 15.5 Å². The molecule has 2 aromatic carbocycles. The summed E-state index contributed by atoms with van der Waals surface area (Å²) >= 11 is 0. The third-order valence-electron chi connectivity index (χ3n) is 5.13. The molecule has 0 aliphatic carbocycles. The van der Waals surface area contributed by atoms with Crippen LogP contribution in [0.2, 0.25) is 0 Å². The Morgan fingerprint density at radius 2 is 1.93 bits per heavy atom. The van der Waals surface area contributed by atoms with E-state index in [9.17, 15) is 4.79 Å². The van der Waals surface area contributed by atoms with E-state index in [0.29, 0.717) is 32.0 Å². The van der Waals surface area contributed by atoms with Crippen molar-refractivity contribution in [3.8, 4) is 11.3 Å². The smallest absolute Gasteiger partial charge is 0.277 e. The largest absolute Gasteiger partial charge is 0.378 e. The highest BCUT2D eigenvalue weighted by molar-refractivity contribution is 5.95. The van der Waals surface area contributed by atoms with Gasteiger partial charge in [-0.2, -0.15) is 0 Å². The minimum absolute atomic E-state index is 0.114. The second-order valence-corrected chi connectivity index (χ2v) is 6.99. The van der Waals surface area contributed by atoms with Crippen molar-refractivity contribution in [2.45, 2.75) is 20.4 Å². The molecule has 0 aliphatic heterocycles. The topological polar surface area (TPSA) is 85.9 Å². The van der Waals surface area contributed by atoms with Crippen LogP contribution in [0.5, 0.6) is 0 Å². The fourth-order valence-corrected chi connectivity index (χ4v) is 3.50. The first-order chi connectivity index (χ1) is 13.6. The fourth-order valence-electron chi connectivity index (χ4n) is 3.50. The summed E-state index contributed by atoms with van der Waals surface area (Å²) in [5, 5.41) is 0.987. The molecule has 0 fully saturated rings. The van der Waals surface area contributed by atoms with Crippen LogP contribution in [0.3, 0.4) is 0 Å². The summed E-state index contributed by atoms with van der Waals surface area (Å²) in [6.45, 7) is 5.92. The van der Waals surface area contributed by atoms with Crippen molar-refractivity contribution in [3.05, 3.63) is 64.1 Å². The van der Waals surface area contributed by atoms with E-state index in [1.54, 1.807) is 4.57 Å². The Morgan fingerprint density at radius 3 is 2.75 bits per heavy atom. The number of aryl methyl sites for hydroxylation is 2. The van der Waals surface area contributed by atoms with Crippen molar-refractivity contribution < 1.29 is 4.74 Å². The molecule has 0 radical (unpaired) electrons. The maximum Gasteiger partial charge on any atom is 0.277 e. The monoisotopic (exact) mass is 376 g/mol. The van der Waals surface area contributed by atoms with Gasteiger partial charge in [0.05, 0.1) is 24.2 Å². The van der Waals surface area contributed by atoms with Gasteiger partial charge in [0.25, 0.3) is 5.56 Å². The zero-order valence-electron chi connectivity index (χ0n) is 16.2. The Hall–Kier alpha value is -2.96. The van der Waals surface area contributed by atoms with E-state index in [1.165, 1.54) is 0 Å². The highest BCUT2D eigenvalue weighted by atomic mass is 16.5. The SMILES string of the molecule is Cc1cc2nc(-c3c[nH]c4ccccc34)c(=O)n(CCOCCN)c2cc1C. The lowest BCUT2D eigenvalue weighted by Crippen LogP contribution is -2.26. The highest BCUT2D eigenvalue weighted by Gasteiger charge is 2.16. The summed E-state index contributed by atoms with van der Waals surface area (Å²) in [6, 6.07) is 12.0. The molecule has 3 N–H and O–H groups in total. The summed E-state index contributed by atoms with van der Waals surface area (Å²) in [5.41, 5.74) is 11.5. The maximum atomic E-state index is 13.4. The van der Waals surface area contributed by atoms with E-state index in [1.807, 2.05) is 49.5 Å². The van der Waals surface area contributed by atoms with Gasteiger partial charge >= 0.3 is 0 Å². The Balaban J connectivity index is 1.93. The average molecular weight is 376 g/mol. The third-order valence-corrected chi connectivity index (χ3v) is 5.13. The number of nitrogens with two attached hydrogens (primary N) is 1. The summed E-state index contributed by atoms with van der Waals surface area (Å²) < 4.78 is 7.30. The Morgan fingerprint density at radius 1 is 1.14 bits per heavy atom. The minimum atomic E-state index is -0.114. The predicted molar refractivity (Wildman–Crippen MR) is 113 cm³/mol. The first-order valence-electron chi connectivity index (χ1n) is 9.46. The van der Waals surface area contributed by atoms with Gasteiger partial charge in [0.1, 0.15) is 5.69 Å². The molecular formula is C22H24N4O2. The molecule has 6 heteroatoms. The second kappa shape index (κ2) is 7.58. The quantitative estimate of drug-likeness (QED) is 0.506. The number of para-hydroxylation sites is 1. The number of hydrogen-bond donors (Lipinski definition) is 2. The van der Waals surface area contributed by atoms with Crippen LogP contribution in [0.4, 0.5) is 0 Å². The first-order valence-corrected chi connectivity index (χ1v) is 9.46. The van der Waals surface area contributed by atoms with E-state index in [2.05, 4.69) is 11.9 Å². The van der Waals surface area contributed by atoms with Gasteiger partial charge in [-0.1, -0.05) is 18.2 Å². The van der Waals surface area contributed by atoms with Gasteiger partial charge in [0.15, 0.2) is 0 Å². The Bertz CT molecular complexity index is 1210. The molecular weight excluding hydrogens is 352 g/mol. The van der Waals surface area contributed by atoms with Crippen molar-refractivity contribution in [1.82, 2.24) is 14.5 Å². The predicted octanol–water partition coefficient (Wildman–Crippen LogP) is 3.14. The maximum absolute atomic E-state index is 13.4. The number of H-pyrrole nitrogens is 1. The zero-order valence-corrected chi connectivity index (χ0v) is 16.2. The summed E-state index contributed by atoms with van der Waals surface area (Å²) in [4.78, 5) is 21.4. The van der Waals surface area contributed by atoms with Gasteiger partial charge in [-0.25, -0.2) is 4.98 Å². The standard InChI is InChI=1S/C22H24N4O2/c1-14-11-19-20(12-15(14)2)26(8-10-28-9-7-23)22(27)21(25-19)17-13-24-18-6-4-3-5-16(17)18/h3-6,11-13,24H,7-10,23H2,1-2H3. The van der Waals surface area contributed by atoms with Gasteiger partial charge in [-0.05, 0) is 43.2 Å². The molecule has 0 unspecified atom stereocenters.